The molecule has 2 atom stereocenters. The topological polar surface area (TPSA) is 113 Å². The van der Waals surface area contributed by atoms with Gasteiger partial charge in [-0.15, -0.1) is 0 Å². The average Bonchev–Trinajstić information content (AvgIpc) is 3.00. The maximum absolute atomic E-state index is 12.1. The van der Waals surface area contributed by atoms with Gasteiger partial charge in [0.25, 0.3) is 0 Å². The lowest BCUT2D eigenvalue weighted by molar-refractivity contribution is -0.220. The molecule has 6 heteroatoms. The average molecular weight is 414 g/mol. The Morgan fingerprint density at radius 2 is 1.77 bits per heavy atom. The lowest BCUT2D eigenvalue weighted by Gasteiger charge is -2.47. The van der Waals surface area contributed by atoms with Crippen LogP contribution in [0.15, 0.2) is 36.4 Å². The van der Waals surface area contributed by atoms with Crippen molar-refractivity contribution in [2.24, 2.45) is 11.1 Å². The van der Waals surface area contributed by atoms with Gasteiger partial charge >= 0.3 is 0 Å². The second kappa shape index (κ2) is 7.02. The van der Waals surface area contributed by atoms with Crippen LogP contribution in [0.5, 0.6) is 0 Å². The minimum atomic E-state index is -1.33. The summed E-state index contributed by atoms with van der Waals surface area (Å²) in [5, 5.41) is 31.6. The van der Waals surface area contributed by atoms with Crippen LogP contribution in [-0.4, -0.2) is 45.6 Å². The van der Waals surface area contributed by atoms with Crippen LogP contribution in [-0.2, 0) is 10.3 Å². The molecule has 1 aromatic rings. The van der Waals surface area contributed by atoms with Crippen LogP contribution in [0.3, 0.4) is 0 Å². The van der Waals surface area contributed by atoms with Crippen LogP contribution >= 0.6 is 0 Å². The highest BCUT2D eigenvalue weighted by Gasteiger charge is 2.57. The highest BCUT2D eigenvalue weighted by Crippen LogP contribution is 2.52. The molecule has 4 rings (SSSR count). The van der Waals surface area contributed by atoms with Crippen molar-refractivity contribution >= 4 is 11.5 Å². The van der Waals surface area contributed by atoms with Crippen molar-refractivity contribution in [3.05, 3.63) is 53.1 Å². The molecule has 0 spiro atoms. The zero-order valence-electron chi connectivity index (χ0n) is 17.6. The Morgan fingerprint density at radius 3 is 2.27 bits per heavy atom. The van der Waals surface area contributed by atoms with Crippen LogP contribution in [0, 0.1) is 5.41 Å². The van der Waals surface area contributed by atoms with Crippen molar-refractivity contribution in [2.75, 3.05) is 13.2 Å². The number of amides is 1. The zero-order valence-corrected chi connectivity index (χ0v) is 17.6. The summed E-state index contributed by atoms with van der Waals surface area (Å²) in [6.07, 6.45) is 8.72. The van der Waals surface area contributed by atoms with Crippen molar-refractivity contribution in [2.45, 2.75) is 62.8 Å². The standard InChI is InChI=1S/C24H31NO5/c1-21(2)7-5-16(6-8-21)19-11-17(3-4-18(19)20(25)28)24(29)12-22(14-26)9-10-23(13-24,15-27)30-22/h3-5,9-11,26-27,29H,6-8,12-15H2,1-2H3,(H2,25,28). The molecule has 1 aromatic carbocycles. The summed E-state index contributed by atoms with van der Waals surface area (Å²) in [5.74, 6) is -0.498. The number of hydrogen-bond acceptors (Lipinski definition) is 5. The molecule has 162 valence electrons. The summed E-state index contributed by atoms with van der Waals surface area (Å²) in [6.45, 7) is 3.86. The maximum Gasteiger partial charge on any atom is 0.249 e. The Hall–Kier alpha value is -1.99. The maximum atomic E-state index is 12.1. The largest absolute Gasteiger partial charge is 0.393 e. The molecule has 2 bridgehead atoms. The quantitative estimate of drug-likeness (QED) is 0.554. The molecule has 30 heavy (non-hydrogen) atoms. The van der Waals surface area contributed by atoms with Crippen molar-refractivity contribution in [3.8, 4) is 0 Å². The van der Waals surface area contributed by atoms with E-state index in [1.165, 1.54) is 0 Å². The molecule has 6 nitrogen and oxygen atoms in total. The Labute approximate surface area is 177 Å². The van der Waals surface area contributed by atoms with E-state index in [0.29, 0.717) is 11.1 Å². The molecule has 0 radical (unpaired) electrons. The number of ether oxygens (including phenoxy) is 1. The number of fused-ring (bicyclic) bond motifs is 2. The summed E-state index contributed by atoms with van der Waals surface area (Å²) in [5.41, 5.74) is 5.37. The fourth-order valence-electron chi connectivity index (χ4n) is 5.14. The van der Waals surface area contributed by atoms with Crippen molar-refractivity contribution < 1.29 is 24.9 Å². The van der Waals surface area contributed by atoms with Gasteiger partial charge in [0.05, 0.1) is 18.8 Å². The van der Waals surface area contributed by atoms with E-state index in [1.54, 1.807) is 24.3 Å². The molecule has 1 fully saturated rings. The SMILES string of the molecule is CC1(C)CC=C(c2cc(C3(O)CC4(CO)C=CC(CO)(C3)O4)ccc2C(N)=O)CC1. The van der Waals surface area contributed by atoms with E-state index in [2.05, 4.69) is 19.9 Å². The molecular weight excluding hydrogens is 382 g/mol. The minimum absolute atomic E-state index is 0.163. The summed E-state index contributed by atoms with van der Waals surface area (Å²) < 4.78 is 5.96. The third kappa shape index (κ3) is 3.52. The van der Waals surface area contributed by atoms with Gasteiger partial charge in [-0.3, -0.25) is 4.79 Å². The number of carbonyl (C=O) groups is 1. The Kier molecular flexibility index (Phi) is 4.97. The first kappa shape index (κ1) is 21.2. The Balaban J connectivity index is 1.77. The van der Waals surface area contributed by atoms with Crippen LogP contribution < -0.4 is 5.73 Å². The monoisotopic (exact) mass is 413 g/mol. The molecule has 5 N–H and O–H groups in total. The van der Waals surface area contributed by atoms with Gasteiger partial charge in [-0.1, -0.05) is 38.1 Å². The van der Waals surface area contributed by atoms with Gasteiger partial charge < -0.3 is 25.8 Å². The highest BCUT2D eigenvalue weighted by atomic mass is 16.6. The molecule has 2 aliphatic heterocycles. The molecule has 0 aromatic heterocycles. The number of nitrogens with two attached hydrogens (primary N) is 1. The molecule has 0 saturated carbocycles. The highest BCUT2D eigenvalue weighted by molar-refractivity contribution is 5.98. The minimum Gasteiger partial charge on any atom is -0.393 e. The smallest absolute Gasteiger partial charge is 0.249 e. The number of allylic oxidation sites excluding steroid dienone is 2. The van der Waals surface area contributed by atoms with Crippen LogP contribution in [0.1, 0.15) is 67.4 Å². The molecule has 3 aliphatic rings. The molecule has 2 heterocycles. The van der Waals surface area contributed by atoms with Gasteiger partial charge in [0, 0.05) is 18.4 Å². The third-order valence-electron chi connectivity index (χ3n) is 6.96. The number of aliphatic hydroxyl groups is 3. The van der Waals surface area contributed by atoms with Gasteiger partial charge in [-0.05, 0) is 53.5 Å². The lowest BCUT2D eigenvalue weighted by Crippen LogP contribution is -2.55. The number of carbonyl (C=O) groups excluding carboxylic acids is 1. The predicted molar refractivity (Wildman–Crippen MR) is 114 cm³/mol. The number of primary amides is 1. The van der Waals surface area contributed by atoms with E-state index in [0.717, 1.165) is 30.4 Å². The van der Waals surface area contributed by atoms with Crippen LogP contribution in [0.4, 0.5) is 0 Å². The summed E-state index contributed by atoms with van der Waals surface area (Å²) >= 11 is 0. The van der Waals surface area contributed by atoms with Crippen molar-refractivity contribution in [1.29, 1.82) is 0 Å². The number of hydrogen-bond donors (Lipinski definition) is 4. The van der Waals surface area contributed by atoms with Crippen molar-refractivity contribution in [3.63, 3.8) is 0 Å². The van der Waals surface area contributed by atoms with Gasteiger partial charge in [-0.25, -0.2) is 0 Å². The van der Waals surface area contributed by atoms with Crippen LogP contribution in [0.25, 0.3) is 5.57 Å². The van der Waals surface area contributed by atoms with E-state index in [4.69, 9.17) is 10.5 Å². The second-order valence-corrected chi connectivity index (χ2v) is 9.99. The van der Waals surface area contributed by atoms with Gasteiger partial charge in [0.15, 0.2) is 0 Å². The Bertz CT molecular complexity index is 912. The summed E-state index contributed by atoms with van der Waals surface area (Å²) in [6, 6.07) is 5.25. The Morgan fingerprint density at radius 1 is 1.13 bits per heavy atom. The fraction of sp³-hybridized carbons (Fsp3) is 0.542. The summed E-state index contributed by atoms with van der Waals surface area (Å²) in [7, 11) is 0. The van der Waals surface area contributed by atoms with Crippen LogP contribution in [0.2, 0.25) is 0 Å². The second-order valence-electron chi connectivity index (χ2n) is 9.99. The number of rotatable bonds is 5. The van der Waals surface area contributed by atoms with E-state index in [-0.39, 0.29) is 31.5 Å². The first-order valence-corrected chi connectivity index (χ1v) is 10.5. The first-order valence-electron chi connectivity index (χ1n) is 10.5. The van der Waals surface area contributed by atoms with E-state index in [9.17, 15) is 20.1 Å². The predicted octanol–water partition coefficient (Wildman–Crippen LogP) is 2.41. The molecule has 1 saturated heterocycles. The molecular formula is C24H31NO5. The third-order valence-corrected chi connectivity index (χ3v) is 6.96. The molecule has 1 aliphatic carbocycles. The molecule has 2 unspecified atom stereocenters. The summed E-state index contributed by atoms with van der Waals surface area (Å²) in [4.78, 5) is 12.1. The lowest BCUT2D eigenvalue weighted by atomic mass is 9.73. The number of aliphatic hydroxyl groups excluding tert-OH is 2. The van der Waals surface area contributed by atoms with E-state index in [1.807, 2.05) is 6.07 Å². The molecule has 1 amide bonds. The van der Waals surface area contributed by atoms with Gasteiger partial charge in [0.1, 0.15) is 11.2 Å². The number of benzene rings is 1. The van der Waals surface area contributed by atoms with Gasteiger partial charge in [0.2, 0.25) is 5.91 Å². The van der Waals surface area contributed by atoms with Gasteiger partial charge in [-0.2, -0.15) is 0 Å². The fourth-order valence-corrected chi connectivity index (χ4v) is 5.14. The van der Waals surface area contributed by atoms with Crippen molar-refractivity contribution in [1.82, 2.24) is 0 Å². The van der Waals surface area contributed by atoms with E-state index < -0.39 is 22.7 Å². The first-order chi connectivity index (χ1) is 14.0. The van der Waals surface area contributed by atoms with E-state index >= 15 is 0 Å². The zero-order chi connectivity index (χ0) is 21.8. The normalized spacial score (nSPS) is 34.6.